The van der Waals surface area contributed by atoms with E-state index >= 15 is 0 Å². The van der Waals surface area contributed by atoms with Gasteiger partial charge in [-0.15, -0.1) is 0 Å². The maximum atomic E-state index is 11.5. The van der Waals surface area contributed by atoms with Crippen molar-refractivity contribution in [3.63, 3.8) is 0 Å². The molecular formula is C15H21N3OS. The van der Waals surface area contributed by atoms with Crippen molar-refractivity contribution >= 4 is 34.7 Å². The molecule has 1 aromatic carbocycles. The third-order valence-corrected chi connectivity index (χ3v) is 5.14. The lowest BCUT2D eigenvalue weighted by Gasteiger charge is -2.24. The van der Waals surface area contributed by atoms with Crippen LogP contribution in [0, 0.1) is 5.92 Å². The van der Waals surface area contributed by atoms with Crippen LogP contribution in [0.5, 0.6) is 0 Å². The highest BCUT2D eigenvalue weighted by atomic mass is 32.2. The molecule has 1 fully saturated rings. The summed E-state index contributed by atoms with van der Waals surface area (Å²) >= 11 is 2.04. The topological polar surface area (TPSA) is 67.2 Å². The van der Waals surface area contributed by atoms with Crippen molar-refractivity contribution < 1.29 is 4.79 Å². The minimum atomic E-state index is 0.0949. The van der Waals surface area contributed by atoms with Crippen molar-refractivity contribution in [2.45, 2.75) is 25.7 Å². The summed E-state index contributed by atoms with van der Waals surface area (Å²) in [5.74, 6) is 3.36. The zero-order valence-electron chi connectivity index (χ0n) is 11.6. The molecular weight excluding hydrogens is 270 g/mol. The molecule has 5 heteroatoms. The fourth-order valence-corrected chi connectivity index (χ4v) is 4.01. The molecule has 0 bridgehead atoms. The number of hydrogen-bond acceptors (Lipinski definition) is 4. The molecule has 0 aliphatic carbocycles. The Balaban J connectivity index is 1.69. The quantitative estimate of drug-likeness (QED) is 0.749. The SMILES string of the molecule is Nc1cc2c(cc1NCC1CCSCC1)NC(=O)CC2. The molecule has 2 heterocycles. The fraction of sp³-hybridized carbons (Fsp3) is 0.533. The summed E-state index contributed by atoms with van der Waals surface area (Å²) in [6.45, 7) is 0.970. The normalized spacial score (nSPS) is 19.3. The summed E-state index contributed by atoms with van der Waals surface area (Å²) in [5.41, 5.74) is 9.90. The summed E-state index contributed by atoms with van der Waals surface area (Å²) in [5, 5.41) is 6.39. The Labute approximate surface area is 123 Å². The number of nitrogens with two attached hydrogens (primary N) is 1. The molecule has 1 saturated heterocycles. The van der Waals surface area contributed by atoms with Crippen molar-refractivity contribution in [1.29, 1.82) is 0 Å². The number of carbonyl (C=O) groups is 1. The number of hydrogen-bond donors (Lipinski definition) is 3. The number of benzene rings is 1. The van der Waals surface area contributed by atoms with Crippen molar-refractivity contribution in [2.24, 2.45) is 5.92 Å². The minimum Gasteiger partial charge on any atom is -0.397 e. The van der Waals surface area contributed by atoms with Gasteiger partial charge in [0, 0.05) is 18.7 Å². The Kier molecular flexibility index (Phi) is 4.05. The maximum Gasteiger partial charge on any atom is 0.224 e. The molecule has 4 nitrogen and oxygen atoms in total. The van der Waals surface area contributed by atoms with Gasteiger partial charge in [0.25, 0.3) is 0 Å². The number of anilines is 3. The Morgan fingerprint density at radius 3 is 2.90 bits per heavy atom. The van der Waals surface area contributed by atoms with Gasteiger partial charge < -0.3 is 16.4 Å². The minimum absolute atomic E-state index is 0.0949. The molecule has 0 unspecified atom stereocenters. The second-order valence-electron chi connectivity index (χ2n) is 5.58. The first-order valence-corrected chi connectivity index (χ1v) is 8.41. The Morgan fingerprint density at radius 1 is 1.30 bits per heavy atom. The Morgan fingerprint density at radius 2 is 2.10 bits per heavy atom. The average molecular weight is 291 g/mol. The van der Waals surface area contributed by atoms with E-state index in [-0.39, 0.29) is 5.91 Å². The first kappa shape index (κ1) is 13.6. The lowest BCUT2D eigenvalue weighted by molar-refractivity contribution is -0.116. The number of thioether (sulfide) groups is 1. The van der Waals surface area contributed by atoms with Crippen LogP contribution in [0.25, 0.3) is 0 Å². The summed E-state index contributed by atoms with van der Waals surface area (Å²) < 4.78 is 0. The maximum absolute atomic E-state index is 11.5. The van der Waals surface area contributed by atoms with Gasteiger partial charge in [-0.25, -0.2) is 0 Å². The second kappa shape index (κ2) is 5.95. The van der Waals surface area contributed by atoms with Crippen molar-refractivity contribution in [2.75, 3.05) is 34.4 Å². The van der Waals surface area contributed by atoms with Gasteiger partial charge in [-0.3, -0.25) is 4.79 Å². The van der Waals surface area contributed by atoms with Gasteiger partial charge in [0.15, 0.2) is 0 Å². The summed E-state index contributed by atoms with van der Waals surface area (Å²) in [4.78, 5) is 11.5. The summed E-state index contributed by atoms with van der Waals surface area (Å²) in [7, 11) is 0. The van der Waals surface area contributed by atoms with Crippen LogP contribution < -0.4 is 16.4 Å². The number of rotatable bonds is 3. The van der Waals surface area contributed by atoms with E-state index in [0.29, 0.717) is 6.42 Å². The molecule has 108 valence electrons. The number of aryl methyl sites for hydroxylation is 1. The zero-order chi connectivity index (χ0) is 13.9. The first-order chi connectivity index (χ1) is 9.72. The average Bonchev–Trinajstić information content (AvgIpc) is 2.46. The second-order valence-corrected chi connectivity index (χ2v) is 6.81. The molecule has 3 rings (SSSR count). The van der Waals surface area contributed by atoms with E-state index < -0.39 is 0 Å². The van der Waals surface area contributed by atoms with E-state index in [1.54, 1.807) is 0 Å². The van der Waals surface area contributed by atoms with E-state index in [1.807, 2.05) is 23.9 Å². The van der Waals surface area contributed by atoms with E-state index in [1.165, 1.54) is 24.3 Å². The van der Waals surface area contributed by atoms with Crippen LogP contribution in [0.15, 0.2) is 12.1 Å². The molecule has 1 amide bonds. The smallest absolute Gasteiger partial charge is 0.224 e. The van der Waals surface area contributed by atoms with Crippen LogP contribution in [-0.4, -0.2) is 24.0 Å². The standard InChI is InChI=1S/C15H21N3OS/c16-12-7-11-1-2-15(19)18-13(11)8-14(12)17-9-10-3-5-20-6-4-10/h7-8,10,17H,1-6,9,16H2,(H,18,19). The summed E-state index contributed by atoms with van der Waals surface area (Å²) in [6.07, 6.45) is 3.89. The van der Waals surface area contributed by atoms with E-state index in [2.05, 4.69) is 10.6 Å². The molecule has 2 aliphatic rings. The van der Waals surface area contributed by atoms with Crippen LogP contribution in [0.4, 0.5) is 17.1 Å². The monoisotopic (exact) mass is 291 g/mol. The predicted molar refractivity (Wildman–Crippen MR) is 86.3 cm³/mol. The number of carbonyl (C=O) groups excluding carboxylic acids is 1. The van der Waals surface area contributed by atoms with Crippen LogP contribution >= 0.6 is 11.8 Å². The van der Waals surface area contributed by atoms with Crippen molar-refractivity contribution in [1.82, 2.24) is 0 Å². The highest BCUT2D eigenvalue weighted by molar-refractivity contribution is 7.99. The van der Waals surface area contributed by atoms with Crippen LogP contribution in [-0.2, 0) is 11.2 Å². The predicted octanol–water partition coefficient (Wildman–Crippen LogP) is 2.71. The fourth-order valence-electron chi connectivity index (χ4n) is 2.81. The van der Waals surface area contributed by atoms with Crippen molar-refractivity contribution in [3.05, 3.63) is 17.7 Å². The van der Waals surface area contributed by atoms with Crippen LogP contribution in [0.1, 0.15) is 24.8 Å². The highest BCUT2D eigenvalue weighted by Crippen LogP contribution is 2.31. The van der Waals surface area contributed by atoms with Crippen LogP contribution in [0.2, 0.25) is 0 Å². The first-order valence-electron chi connectivity index (χ1n) is 7.26. The third-order valence-electron chi connectivity index (χ3n) is 4.09. The van der Waals surface area contributed by atoms with Crippen molar-refractivity contribution in [3.8, 4) is 0 Å². The number of nitrogen functional groups attached to an aromatic ring is 1. The largest absolute Gasteiger partial charge is 0.397 e. The zero-order valence-corrected chi connectivity index (χ0v) is 12.4. The molecule has 4 N–H and O–H groups in total. The molecule has 0 radical (unpaired) electrons. The van der Waals surface area contributed by atoms with E-state index in [4.69, 9.17) is 5.73 Å². The molecule has 1 aromatic rings. The van der Waals surface area contributed by atoms with Gasteiger partial charge in [0.2, 0.25) is 5.91 Å². The van der Waals surface area contributed by atoms with Gasteiger partial charge in [-0.2, -0.15) is 11.8 Å². The van der Waals surface area contributed by atoms with E-state index in [9.17, 15) is 4.79 Å². The Hall–Kier alpha value is -1.36. The molecule has 2 aliphatic heterocycles. The van der Waals surface area contributed by atoms with Gasteiger partial charge in [0.1, 0.15) is 0 Å². The Bertz CT molecular complexity index is 512. The van der Waals surface area contributed by atoms with Gasteiger partial charge in [-0.1, -0.05) is 0 Å². The van der Waals surface area contributed by atoms with Gasteiger partial charge in [-0.05, 0) is 54.4 Å². The molecule has 0 aromatic heterocycles. The number of nitrogens with one attached hydrogen (secondary N) is 2. The highest BCUT2D eigenvalue weighted by Gasteiger charge is 2.18. The summed E-state index contributed by atoms with van der Waals surface area (Å²) in [6, 6.07) is 3.98. The lowest BCUT2D eigenvalue weighted by Crippen LogP contribution is -2.21. The number of amides is 1. The lowest BCUT2D eigenvalue weighted by atomic mass is 10.0. The van der Waals surface area contributed by atoms with Gasteiger partial charge >= 0.3 is 0 Å². The molecule has 0 atom stereocenters. The molecule has 0 saturated carbocycles. The van der Waals surface area contributed by atoms with Crippen LogP contribution in [0.3, 0.4) is 0 Å². The molecule has 0 spiro atoms. The van der Waals surface area contributed by atoms with E-state index in [0.717, 1.165) is 41.5 Å². The number of fused-ring (bicyclic) bond motifs is 1. The van der Waals surface area contributed by atoms with Gasteiger partial charge in [0.05, 0.1) is 11.4 Å². The molecule has 20 heavy (non-hydrogen) atoms. The third kappa shape index (κ3) is 3.03.